The largest absolute Gasteiger partial charge is 0.465 e. The molecule has 1 fully saturated rings. The average Bonchev–Trinajstić information content (AvgIpc) is 3.18. The second-order valence-electron chi connectivity index (χ2n) is 9.51. The molecule has 0 saturated carbocycles. The second-order valence-corrected chi connectivity index (χ2v) is 15.1. The molecule has 1 aromatic heterocycles. The summed E-state index contributed by atoms with van der Waals surface area (Å²) in [5, 5.41) is 15.7. The van der Waals surface area contributed by atoms with Gasteiger partial charge in [0.25, 0.3) is 0 Å². The smallest absolute Gasteiger partial charge is 0.404 e. The van der Waals surface area contributed by atoms with Crippen molar-refractivity contribution in [3.63, 3.8) is 0 Å². The van der Waals surface area contributed by atoms with Gasteiger partial charge in [0, 0.05) is 46.1 Å². The zero-order chi connectivity index (χ0) is 22.4. The molecule has 0 spiro atoms. The summed E-state index contributed by atoms with van der Waals surface area (Å²) in [7, 11) is -1.08. The van der Waals surface area contributed by atoms with Crippen LogP contribution in [0.5, 0.6) is 0 Å². The van der Waals surface area contributed by atoms with Crippen LogP contribution < -0.4 is 16.0 Å². The van der Waals surface area contributed by atoms with Gasteiger partial charge in [0.1, 0.15) is 6.73 Å². The molecule has 8 nitrogen and oxygen atoms in total. The molecule has 1 aromatic carbocycles. The molecule has 9 heteroatoms. The lowest BCUT2D eigenvalue weighted by Crippen LogP contribution is -2.38. The van der Waals surface area contributed by atoms with Crippen molar-refractivity contribution in [1.29, 1.82) is 0 Å². The summed E-state index contributed by atoms with van der Waals surface area (Å²) in [5.74, 6) is 0.381. The Labute approximate surface area is 185 Å². The Morgan fingerprint density at radius 1 is 1.29 bits per heavy atom. The third kappa shape index (κ3) is 7.00. The minimum Gasteiger partial charge on any atom is -0.465 e. The van der Waals surface area contributed by atoms with E-state index in [9.17, 15) is 4.79 Å². The Bertz CT molecular complexity index is 872. The van der Waals surface area contributed by atoms with Gasteiger partial charge in [-0.05, 0) is 42.5 Å². The van der Waals surface area contributed by atoms with Gasteiger partial charge in [-0.1, -0.05) is 25.7 Å². The highest BCUT2D eigenvalue weighted by molar-refractivity contribution is 6.76. The average molecular weight is 446 g/mol. The number of rotatable bonds is 9. The number of piperidine rings is 1. The van der Waals surface area contributed by atoms with E-state index in [0.717, 1.165) is 61.1 Å². The third-order valence-electron chi connectivity index (χ3n) is 5.71. The summed E-state index contributed by atoms with van der Waals surface area (Å²) < 4.78 is 7.59. The Hall–Kier alpha value is -2.52. The maximum absolute atomic E-state index is 10.7. The van der Waals surface area contributed by atoms with E-state index in [-0.39, 0.29) is 0 Å². The van der Waals surface area contributed by atoms with E-state index >= 15 is 0 Å². The van der Waals surface area contributed by atoms with Gasteiger partial charge in [0.15, 0.2) is 0 Å². The fourth-order valence-corrected chi connectivity index (χ4v) is 4.51. The van der Waals surface area contributed by atoms with Crippen LogP contribution in [0.2, 0.25) is 25.7 Å². The van der Waals surface area contributed by atoms with Gasteiger partial charge < -0.3 is 25.8 Å². The molecule has 1 saturated heterocycles. The number of carbonyl (C=O) groups is 1. The first-order valence-electron chi connectivity index (χ1n) is 10.9. The minimum absolute atomic E-state index is 0.381. The lowest BCUT2D eigenvalue weighted by molar-refractivity contribution is 0.0786. The minimum atomic E-state index is -1.08. The number of ether oxygens (including phenoxy) is 1. The van der Waals surface area contributed by atoms with Gasteiger partial charge in [-0.15, -0.1) is 0 Å². The molecule has 2 heterocycles. The number of aromatic nitrogens is 2. The highest BCUT2D eigenvalue weighted by atomic mass is 28.3. The highest BCUT2D eigenvalue weighted by Crippen LogP contribution is 2.32. The predicted molar refractivity (Wildman–Crippen MR) is 127 cm³/mol. The SMILES string of the molecule is C[Si](C)(C)CCOCn1cc(-c2ccc(N3CCC(CNC(=O)O)CC3)c(N)c2)cn1. The van der Waals surface area contributed by atoms with Crippen LogP contribution in [0, 0.1) is 5.92 Å². The summed E-state index contributed by atoms with van der Waals surface area (Å²) in [6.07, 6.45) is 4.78. The van der Waals surface area contributed by atoms with Crippen LogP contribution in [0.4, 0.5) is 16.2 Å². The number of nitrogen functional groups attached to an aromatic ring is 1. The van der Waals surface area contributed by atoms with Gasteiger partial charge in [-0.3, -0.25) is 0 Å². The van der Waals surface area contributed by atoms with E-state index in [1.807, 2.05) is 23.1 Å². The topological polar surface area (TPSA) is 106 Å². The molecule has 0 atom stereocenters. The van der Waals surface area contributed by atoms with Crippen molar-refractivity contribution in [2.24, 2.45) is 5.92 Å². The standard InChI is InChI=1S/C22H35N5O3Si/c1-31(2,3)11-10-30-16-27-15-19(14-25-27)18-4-5-21(20(23)12-18)26-8-6-17(7-9-26)13-24-22(28)29/h4-5,12,14-15,17,24H,6-11,13,16,23H2,1-3H3,(H,28,29). The van der Waals surface area contributed by atoms with Crippen molar-refractivity contribution >= 4 is 25.5 Å². The number of amides is 1. The highest BCUT2D eigenvalue weighted by Gasteiger charge is 2.21. The maximum Gasteiger partial charge on any atom is 0.404 e. The van der Waals surface area contributed by atoms with Gasteiger partial charge in [0.2, 0.25) is 0 Å². The quantitative estimate of drug-likeness (QED) is 0.307. The molecule has 1 aliphatic heterocycles. The Balaban J connectivity index is 1.54. The van der Waals surface area contributed by atoms with Crippen LogP contribution in [-0.2, 0) is 11.5 Å². The number of nitrogens with one attached hydrogen (secondary N) is 1. The molecule has 1 aliphatic rings. The molecule has 4 N–H and O–H groups in total. The molecule has 3 rings (SSSR count). The number of nitrogens with zero attached hydrogens (tertiary/aromatic N) is 3. The molecule has 0 radical (unpaired) electrons. The van der Waals surface area contributed by atoms with Crippen LogP contribution in [0.25, 0.3) is 11.1 Å². The van der Waals surface area contributed by atoms with Gasteiger partial charge >= 0.3 is 6.09 Å². The van der Waals surface area contributed by atoms with Gasteiger partial charge in [0.05, 0.1) is 17.6 Å². The van der Waals surface area contributed by atoms with E-state index in [0.29, 0.717) is 19.2 Å². The van der Waals surface area contributed by atoms with Crippen LogP contribution in [-0.4, -0.2) is 55.3 Å². The monoisotopic (exact) mass is 445 g/mol. The molecule has 0 unspecified atom stereocenters. The summed E-state index contributed by atoms with van der Waals surface area (Å²) in [6, 6.07) is 7.30. The number of carboxylic acid groups (broad SMARTS) is 1. The molecule has 170 valence electrons. The van der Waals surface area contributed by atoms with Crippen LogP contribution in [0.3, 0.4) is 0 Å². The second kappa shape index (κ2) is 10.2. The molecule has 31 heavy (non-hydrogen) atoms. The molecule has 2 aromatic rings. The molecule has 1 amide bonds. The zero-order valence-corrected chi connectivity index (χ0v) is 19.8. The lowest BCUT2D eigenvalue weighted by atomic mass is 9.96. The van der Waals surface area contributed by atoms with E-state index < -0.39 is 14.2 Å². The lowest BCUT2D eigenvalue weighted by Gasteiger charge is -2.34. The zero-order valence-electron chi connectivity index (χ0n) is 18.8. The fraction of sp³-hybridized carbons (Fsp3) is 0.545. The Kier molecular flexibility index (Phi) is 7.61. The Morgan fingerprint density at radius 3 is 2.68 bits per heavy atom. The van der Waals surface area contributed by atoms with E-state index in [1.54, 1.807) is 0 Å². The first-order chi connectivity index (χ1) is 14.7. The van der Waals surface area contributed by atoms with Crippen molar-refractivity contribution in [3.8, 4) is 11.1 Å². The maximum atomic E-state index is 10.7. The summed E-state index contributed by atoms with van der Waals surface area (Å²) in [6.45, 7) is 10.5. The van der Waals surface area contributed by atoms with Crippen LogP contribution in [0.1, 0.15) is 12.8 Å². The number of benzene rings is 1. The molecule has 0 bridgehead atoms. The predicted octanol–water partition coefficient (Wildman–Crippen LogP) is 3.93. The fourth-order valence-electron chi connectivity index (χ4n) is 3.75. The first-order valence-corrected chi connectivity index (χ1v) is 14.6. The van der Waals surface area contributed by atoms with Gasteiger partial charge in [-0.2, -0.15) is 5.10 Å². The van der Waals surface area contributed by atoms with E-state index in [1.165, 1.54) is 0 Å². The molecular formula is C22H35N5O3Si. The molecular weight excluding hydrogens is 410 g/mol. The Morgan fingerprint density at radius 2 is 2.03 bits per heavy atom. The number of anilines is 2. The van der Waals surface area contributed by atoms with Crippen molar-refractivity contribution in [3.05, 3.63) is 30.6 Å². The van der Waals surface area contributed by atoms with Crippen molar-refractivity contribution < 1.29 is 14.6 Å². The molecule has 0 aliphatic carbocycles. The van der Waals surface area contributed by atoms with Crippen LogP contribution >= 0.6 is 0 Å². The number of hydrogen-bond donors (Lipinski definition) is 3. The summed E-state index contributed by atoms with van der Waals surface area (Å²) in [4.78, 5) is 13.0. The first kappa shape index (κ1) is 23.1. The number of hydrogen-bond acceptors (Lipinski definition) is 5. The van der Waals surface area contributed by atoms with Crippen molar-refractivity contribution in [2.45, 2.75) is 45.3 Å². The number of nitrogens with two attached hydrogens (primary N) is 1. The van der Waals surface area contributed by atoms with E-state index in [2.05, 4.69) is 47.1 Å². The van der Waals surface area contributed by atoms with Crippen molar-refractivity contribution in [1.82, 2.24) is 15.1 Å². The van der Waals surface area contributed by atoms with Crippen molar-refractivity contribution in [2.75, 3.05) is 36.9 Å². The van der Waals surface area contributed by atoms with E-state index in [4.69, 9.17) is 15.6 Å². The third-order valence-corrected chi connectivity index (χ3v) is 7.42. The van der Waals surface area contributed by atoms with Gasteiger partial charge in [-0.25, -0.2) is 9.48 Å². The summed E-state index contributed by atoms with van der Waals surface area (Å²) in [5.41, 5.74) is 10.2. The summed E-state index contributed by atoms with van der Waals surface area (Å²) >= 11 is 0. The van der Waals surface area contributed by atoms with Crippen LogP contribution in [0.15, 0.2) is 30.6 Å². The normalized spacial score (nSPS) is 15.3.